The highest BCUT2D eigenvalue weighted by atomic mass is 14.0. The van der Waals surface area contributed by atoms with Crippen LogP contribution in [0.4, 0.5) is 0 Å². The molecule has 0 aromatic heterocycles. The fraction of sp³-hybridized carbons (Fsp3) is 0.429. The Hall–Kier alpha value is -1.04. The highest BCUT2D eigenvalue weighted by molar-refractivity contribution is 5.22. The molecule has 1 rings (SSSR count). The minimum absolute atomic E-state index is 0.533. The van der Waals surface area contributed by atoms with Crippen LogP contribution >= 0.6 is 0 Å². The maximum absolute atomic E-state index is 2.32. The van der Waals surface area contributed by atoms with E-state index in [4.69, 9.17) is 0 Å². The van der Waals surface area contributed by atoms with Crippen molar-refractivity contribution in [2.45, 2.75) is 33.1 Å². The summed E-state index contributed by atoms with van der Waals surface area (Å²) in [4.78, 5) is 0. The quantitative estimate of drug-likeness (QED) is 0.615. The summed E-state index contributed by atoms with van der Waals surface area (Å²) in [6.07, 6.45) is 5.85. The average Bonchev–Trinajstić information content (AvgIpc) is 2.26. The van der Waals surface area contributed by atoms with E-state index in [2.05, 4.69) is 63.3 Å². The zero-order valence-electron chi connectivity index (χ0n) is 9.40. The van der Waals surface area contributed by atoms with E-state index in [0.717, 1.165) is 0 Å². The number of allylic oxidation sites excluding steroid dienone is 2. The van der Waals surface area contributed by atoms with Crippen LogP contribution in [-0.4, -0.2) is 0 Å². The molecule has 2 atom stereocenters. The van der Waals surface area contributed by atoms with E-state index in [1.54, 1.807) is 0 Å². The molecule has 0 amide bonds. The lowest BCUT2D eigenvalue weighted by Crippen LogP contribution is -1.90. The summed E-state index contributed by atoms with van der Waals surface area (Å²) in [5.74, 6) is 1.23. The summed E-state index contributed by atoms with van der Waals surface area (Å²) in [5.41, 5.74) is 1.40. The molecule has 0 saturated heterocycles. The first-order valence-corrected chi connectivity index (χ1v) is 5.47. The smallest absolute Gasteiger partial charge is 0.00103 e. The molecule has 1 aromatic carbocycles. The Morgan fingerprint density at radius 3 is 2.29 bits per heavy atom. The van der Waals surface area contributed by atoms with E-state index in [9.17, 15) is 0 Å². The van der Waals surface area contributed by atoms with Crippen LogP contribution in [-0.2, 0) is 0 Å². The van der Waals surface area contributed by atoms with Crippen LogP contribution in [0.1, 0.15) is 38.7 Å². The number of rotatable bonds is 4. The molecule has 0 saturated carbocycles. The zero-order valence-corrected chi connectivity index (χ0v) is 9.40. The normalized spacial score (nSPS) is 15.6. The molecule has 0 nitrogen and oxygen atoms in total. The molecule has 0 aliphatic carbocycles. The Morgan fingerprint density at radius 2 is 1.71 bits per heavy atom. The van der Waals surface area contributed by atoms with Crippen LogP contribution in [0.15, 0.2) is 42.5 Å². The minimum Gasteiger partial charge on any atom is -0.0851 e. The van der Waals surface area contributed by atoms with Crippen molar-refractivity contribution in [1.82, 2.24) is 0 Å². The minimum atomic E-state index is 0.533. The van der Waals surface area contributed by atoms with Crippen LogP contribution in [0.2, 0.25) is 0 Å². The first kappa shape index (κ1) is 11.0. The van der Waals surface area contributed by atoms with Crippen LogP contribution in [0.3, 0.4) is 0 Å². The van der Waals surface area contributed by atoms with Gasteiger partial charge < -0.3 is 0 Å². The first-order valence-electron chi connectivity index (χ1n) is 5.47. The predicted octanol–water partition coefficient (Wildman–Crippen LogP) is 4.39. The van der Waals surface area contributed by atoms with Crippen LogP contribution in [0, 0.1) is 5.92 Å². The number of hydrogen-bond donors (Lipinski definition) is 0. The van der Waals surface area contributed by atoms with Crippen molar-refractivity contribution in [2.75, 3.05) is 0 Å². The van der Waals surface area contributed by atoms with Crippen molar-refractivity contribution < 1.29 is 0 Å². The van der Waals surface area contributed by atoms with Crippen molar-refractivity contribution in [3.63, 3.8) is 0 Å². The molecule has 1 aromatic rings. The lowest BCUT2D eigenvalue weighted by atomic mass is 9.98. The van der Waals surface area contributed by atoms with Crippen molar-refractivity contribution in [3.05, 3.63) is 48.0 Å². The Labute approximate surface area is 87.7 Å². The summed E-state index contributed by atoms with van der Waals surface area (Å²) in [7, 11) is 0. The second kappa shape index (κ2) is 5.64. The van der Waals surface area contributed by atoms with Gasteiger partial charge in [-0.15, -0.1) is 0 Å². The third-order valence-electron chi connectivity index (χ3n) is 2.70. The van der Waals surface area contributed by atoms with E-state index >= 15 is 0 Å². The number of hydrogen-bond acceptors (Lipinski definition) is 0. The topological polar surface area (TPSA) is 0 Å². The maximum atomic E-state index is 2.32. The zero-order chi connectivity index (χ0) is 10.4. The second-order valence-electron chi connectivity index (χ2n) is 3.97. The third-order valence-corrected chi connectivity index (χ3v) is 2.70. The summed E-state index contributed by atoms with van der Waals surface area (Å²) in [6.45, 7) is 6.73. The van der Waals surface area contributed by atoms with Crippen LogP contribution in [0.25, 0.3) is 0 Å². The maximum Gasteiger partial charge on any atom is -0.00103 e. The summed E-state index contributed by atoms with van der Waals surface area (Å²) < 4.78 is 0. The van der Waals surface area contributed by atoms with Gasteiger partial charge in [0.05, 0.1) is 0 Å². The monoisotopic (exact) mass is 188 g/mol. The van der Waals surface area contributed by atoms with Gasteiger partial charge in [-0.3, -0.25) is 0 Å². The molecule has 0 aliphatic heterocycles. The van der Waals surface area contributed by atoms with Gasteiger partial charge in [0.25, 0.3) is 0 Å². The highest BCUT2D eigenvalue weighted by Crippen LogP contribution is 2.17. The average molecular weight is 188 g/mol. The molecule has 0 heterocycles. The van der Waals surface area contributed by atoms with E-state index < -0.39 is 0 Å². The fourth-order valence-electron chi connectivity index (χ4n) is 1.36. The largest absolute Gasteiger partial charge is 0.0851 e. The van der Waals surface area contributed by atoms with Gasteiger partial charge in [0.15, 0.2) is 0 Å². The van der Waals surface area contributed by atoms with Gasteiger partial charge in [-0.1, -0.05) is 69.7 Å². The predicted molar refractivity (Wildman–Crippen MR) is 63.5 cm³/mol. The van der Waals surface area contributed by atoms with Crippen molar-refractivity contribution in [1.29, 1.82) is 0 Å². The molecule has 76 valence electrons. The lowest BCUT2D eigenvalue weighted by Gasteiger charge is -2.07. The lowest BCUT2D eigenvalue weighted by molar-refractivity contribution is 0.692. The first-order chi connectivity index (χ1) is 6.74. The Balaban J connectivity index is 2.59. The standard InChI is InChI=1S/C14H20/c1-4-12(2)10-11-13(3)14-8-6-5-7-9-14/h5-13H,4H2,1-3H3/b11-10+/t12-,13+/m1/s1. The SMILES string of the molecule is CC[C@@H](C)/C=C/[C@H](C)c1ccccc1. The molecule has 0 heteroatoms. The van der Waals surface area contributed by atoms with Gasteiger partial charge in [0.2, 0.25) is 0 Å². The van der Waals surface area contributed by atoms with Gasteiger partial charge >= 0.3 is 0 Å². The van der Waals surface area contributed by atoms with Gasteiger partial charge in [0, 0.05) is 0 Å². The molecule has 0 bridgehead atoms. The summed E-state index contributed by atoms with van der Waals surface area (Å²) in [5, 5.41) is 0. The van der Waals surface area contributed by atoms with E-state index in [1.165, 1.54) is 12.0 Å². The Bertz CT molecular complexity index is 271. The van der Waals surface area contributed by atoms with E-state index in [-0.39, 0.29) is 0 Å². The van der Waals surface area contributed by atoms with E-state index in [0.29, 0.717) is 11.8 Å². The van der Waals surface area contributed by atoms with Crippen LogP contribution < -0.4 is 0 Å². The molecule has 0 spiro atoms. The molecule has 0 fully saturated rings. The Kier molecular flexibility index (Phi) is 4.45. The number of benzene rings is 1. The fourth-order valence-corrected chi connectivity index (χ4v) is 1.36. The molecule has 0 N–H and O–H groups in total. The van der Waals surface area contributed by atoms with Gasteiger partial charge in [-0.2, -0.15) is 0 Å². The molecule has 0 unspecified atom stereocenters. The van der Waals surface area contributed by atoms with Gasteiger partial charge in [-0.25, -0.2) is 0 Å². The molecular weight excluding hydrogens is 168 g/mol. The third kappa shape index (κ3) is 3.37. The van der Waals surface area contributed by atoms with Gasteiger partial charge in [-0.05, 0) is 17.4 Å². The Morgan fingerprint density at radius 1 is 1.07 bits per heavy atom. The van der Waals surface area contributed by atoms with Crippen molar-refractivity contribution >= 4 is 0 Å². The van der Waals surface area contributed by atoms with Crippen molar-refractivity contribution in [3.8, 4) is 0 Å². The second-order valence-corrected chi connectivity index (χ2v) is 3.97. The molecule has 14 heavy (non-hydrogen) atoms. The molecular formula is C14H20. The summed E-state index contributed by atoms with van der Waals surface area (Å²) >= 11 is 0. The van der Waals surface area contributed by atoms with Gasteiger partial charge in [0.1, 0.15) is 0 Å². The molecule has 0 radical (unpaired) electrons. The van der Waals surface area contributed by atoms with Crippen LogP contribution in [0.5, 0.6) is 0 Å². The molecule has 0 aliphatic rings. The highest BCUT2D eigenvalue weighted by Gasteiger charge is 2.00. The van der Waals surface area contributed by atoms with E-state index in [1.807, 2.05) is 0 Å². The summed E-state index contributed by atoms with van der Waals surface area (Å²) in [6, 6.07) is 10.6. The van der Waals surface area contributed by atoms with Crippen molar-refractivity contribution in [2.24, 2.45) is 5.92 Å².